The molecule has 1 aliphatic heterocycles. The molecule has 124 valence electrons. The first-order chi connectivity index (χ1) is 11.7. The summed E-state index contributed by atoms with van der Waals surface area (Å²) in [5.41, 5.74) is 2.60. The van der Waals surface area contributed by atoms with E-state index in [2.05, 4.69) is 20.4 Å². The monoisotopic (exact) mass is 323 g/mol. The minimum absolute atomic E-state index is 0.0514. The molecule has 6 nitrogen and oxygen atoms in total. The number of aromatic nitrogens is 4. The first-order valence-electron chi connectivity index (χ1n) is 8.49. The topological polar surface area (TPSA) is 75.6 Å². The number of carbonyl (C=O) groups is 1. The number of nitrogens with zero attached hydrogens (tertiary/aromatic N) is 3. The highest BCUT2D eigenvalue weighted by atomic mass is 16.1. The van der Waals surface area contributed by atoms with Crippen molar-refractivity contribution in [2.24, 2.45) is 0 Å². The van der Waals surface area contributed by atoms with Crippen LogP contribution in [-0.2, 0) is 13.0 Å². The highest BCUT2D eigenvalue weighted by Crippen LogP contribution is 2.26. The molecule has 0 saturated heterocycles. The summed E-state index contributed by atoms with van der Waals surface area (Å²) in [4.78, 5) is 20.8. The van der Waals surface area contributed by atoms with E-state index in [1.165, 1.54) is 0 Å². The van der Waals surface area contributed by atoms with Gasteiger partial charge in [-0.05, 0) is 25.8 Å². The third kappa shape index (κ3) is 2.38. The van der Waals surface area contributed by atoms with E-state index in [0.717, 1.165) is 59.6 Å². The molecule has 6 heteroatoms. The van der Waals surface area contributed by atoms with Crippen molar-refractivity contribution < 1.29 is 4.79 Å². The van der Waals surface area contributed by atoms with Crippen molar-refractivity contribution in [3.63, 3.8) is 0 Å². The molecule has 2 N–H and O–H groups in total. The van der Waals surface area contributed by atoms with Gasteiger partial charge in [-0.1, -0.05) is 25.1 Å². The van der Waals surface area contributed by atoms with E-state index in [4.69, 9.17) is 0 Å². The highest BCUT2D eigenvalue weighted by molar-refractivity contribution is 6.08. The van der Waals surface area contributed by atoms with Gasteiger partial charge in [0.15, 0.2) is 5.82 Å². The van der Waals surface area contributed by atoms with E-state index in [9.17, 15) is 4.79 Å². The Balaban J connectivity index is 1.65. The summed E-state index contributed by atoms with van der Waals surface area (Å²) in [5.74, 6) is 1.67. The second-order valence-corrected chi connectivity index (χ2v) is 6.30. The van der Waals surface area contributed by atoms with Crippen LogP contribution in [0.5, 0.6) is 0 Å². The van der Waals surface area contributed by atoms with Gasteiger partial charge >= 0.3 is 0 Å². The van der Waals surface area contributed by atoms with E-state index in [1.54, 1.807) is 0 Å². The zero-order valence-corrected chi connectivity index (χ0v) is 14.0. The number of para-hydroxylation sites is 1. The minimum Gasteiger partial charge on any atom is -0.358 e. The van der Waals surface area contributed by atoms with Gasteiger partial charge in [0.05, 0.1) is 11.6 Å². The van der Waals surface area contributed by atoms with Crippen LogP contribution in [0.1, 0.15) is 53.5 Å². The van der Waals surface area contributed by atoms with Gasteiger partial charge in [0.25, 0.3) is 5.91 Å². The summed E-state index contributed by atoms with van der Waals surface area (Å²) < 4.78 is 1.94. The van der Waals surface area contributed by atoms with Crippen molar-refractivity contribution in [2.75, 3.05) is 0 Å². The molecule has 1 aliphatic rings. The average Bonchev–Trinajstić information content (AvgIpc) is 3.15. The van der Waals surface area contributed by atoms with Gasteiger partial charge in [-0.25, -0.2) is 9.67 Å². The number of hydrogen-bond donors (Lipinski definition) is 2. The number of carbonyl (C=O) groups excluding carboxylic acids is 1. The van der Waals surface area contributed by atoms with Gasteiger partial charge in [0.1, 0.15) is 5.82 Å². The van der Waals surface area contributed by atoms with Crippen molar-refractivity contribution in [3.05, 3.63) is 47.2 Å². The number of fused-ring (bicyclic) bond motifs is 2. The lowest BCUT2D eigenvalue weighted by molar-refractivity contribution is 0.0928. The number of H-pyrrole nitrogens is 1. The van der Waals surface area contributed by atoms with Crippen LogP contribution in [0.15, 0.2) is 24.3 Å². The van der Waals surface area contributed by atoms with E-state index < -0.39 is 0 Å². The van der Waals surface area contributed by atoms with Gasteiger partial charge in [-0.3, -0.25) is 4.79 Å². The van der Waals surface area contributed by atoms with E-state index in [-0.39, 0.29) is 11.9 Å². The van der Waals surface area contributed by atoms with Crippen molar-refractivity contribution in [1.82, 2.24) is 25.1 Å². The zero-order valence-electron chi connectivity index (χ0n) is 14.0. The Kier molecular flexibility index (Phi) is 3.59. The molecule has 4 rings (SSSR count). The molecule has 3 heterocycles. The first-order valence-corrected chi connectivity index (χ1v) is 8.49. The maximum Gasteiger partial charge on any atom is 0.254 e. The second kappa shape index (κ2) is 5.78. The molecular formula is C18H21N5O. The fraction of sp³-hybridized carbons (Fsp3) is 0.389. The molecule has 0 bridgehead atoms. The van der Waals surface area contributed by atoms with Crippen molar-refractivity contribution in [1.29, 1.82) is 0 Å². The molecule has 3 aromatic rings. The Hall–Kier alpha value is -2.63. The standard InChI is InChI=1S/C18H21N5O/c1-3-15-21-17-14(9-6-10-23(17)22-15)20-18(24)16-11(2)19-13-8-5-4-7-12(13)16/h4-5,7-8,14,19H,3,6,9-10H2,1-2H3,(H,20,24). The molecule has 1 aromatic carbocycles. The molecular weight excluding hydrogens is 302 g/mol. The van der Waals surface area contributed by atoms with Crippen molar-refractivity contribution in [3.8, 4) is 0 Å². The summed E-state index contributed by atoms with van der Waals surface area (Å²) in [6.07, 6.45) is 2.70. The number of hydrogen-bond acceptors (Lipinski definition) is 3. The Bertz CT molecular complexity index is 907. The summed E-state index contributed by atoms with van der Waals surface area (Å²) in [5, 5.41) is 8.63. The lowest BCUT2D eigenvalue weighted by Crippen LogP contribution is -2.33. The number of aromatic amines is 1. The van der Waals surface area contributed by atoms with Gasteiger partial charge in [-0.15, -0.1) is 0 Å². The average molecular weight is 323 g/mol. The maximum atomic E-state index is 12.9. The molecule has 24 heavy (non-hydrogen) atoms. The summed E-state index contributed by atoms with van der Waals surface area (Å²) in [7, 11) is 0. The minimum atomic E-state index is -0.0767. The lowest BCUT2D eigenvalue weighted by Gasteiger charge is -2.23. The van der Waals surface area contributed by atoms with Crippen molar-refractivity contribution in [2.45, 2.75) is 45.7 Å². The van der Waals surface area contributed by atoms with Crippen LogP contribution in [0.25, 0.3) is 10.9 Å². The molecule has 1 atom stereocenters. The largest absolute Gasteiger partial charge is 0.358 e. The molecule has 0 spiro atoms. The SMILES string of the molecule is CCc1nc2n(n1)CCCC2NC(=O)c1c(C)[nH]c2ccccc12. The molecule has 0 aliphatic carbocycles. The highest BCUT2D eigenvalue weighted by Gasteiger charge is 2.27. The van der Waals surface area contributed by atoms with E-state index in [1.807, 2.05) is 42.8 Å². The Morgan fingerprint density at radius 1 is 1.42 bits per heavy atom. The Morgan fingerprint density at radius 3 is 3.08 bits per heavy atom. The Morgan fingerprint density at radius 2 is 2.25 bits per heavy atom. The third-order valence-corrected chi connectivity index (χ3v) is 4.66. The third-order valence-electron chi connectivity index (χ3n) is 4.66. The molecule has 1 unspecified atom stereocenters. The second-order valence-electron chi connectivity index (χ2n) is 6.30. The fourth-order valence-electron chi connectivity index (χ4n) is 3.49. The quantitative estimate of drug-likeness (QED) is 0.778. The zero-order chi connectivity index (χ0) is 16.7. The number of nitrogens with one attached hydrogen (secondary N) is 2. The maximum absolute atomic E-state index is 12.9. The first kappa shape index (κ1) is 14.9. The molecule has 1 amide bonds. The molecule has 0 saturated carbocycles. The Labute approximate surface area is 140 Å². The van der Waals surface area contributed by atoms with Gasteiger partial charge in [-0.2, -0.15) is 5.10 Å². The van der Waals surface area contributed by atoms with Crippen LogP contribution in [0, 0.1) is 6.92 Å². The summed E-state index contributed by atoms with van der Waals surface area (Å²) in [6, 6.07) is 7.82. The summed E-state index contributed by atoms with van der Waals surface area (Å²) in [6.45, 7) is 4.86. The van der Waals surface area contributed by atoms with Gasteiger partial charge < -0.3 is 10.3 Å². The fourth-order valence-corrected chi connectivity index (χ4v) is 3.49. The predicted octanol–water partition coefficient (Wildman–Crippen LogP) is 2.90. The molecule has 2 aromatic heterocycles. The van der Waals surface area contributed by atoms with Crippen LogP contribution in [0.3, 0.4) is 0 Å². The van der Waals surface area contributed by atoms with Crippen LogP contribution in [0.2, 0.25) is 0 Å². The van der Waals surface area contributed by atoms with Crippen LogP contribution in [0.4, 0.5) is 0 Å². The number of benzene rings is 1. The van der Waals surface area contributed by atoms with Gasteiger partial charge in [0.2, 0.25) is 0 Å². The number of rotatable bonds is 3. The van der Waals surface area contributed by atoms with Gasteiger partial charge in [0, 0.05) is 29.6 Å². The normalized spacial score (nSPS) is 17.0. The van der Waals surface area contributed by atoms with Crippen LogP contribution >= 0.6 is 0 Å². The lowest BCUT2D eigenvalue weighted by atomic mass is 10.1. The summed E-state index contributed by atoms with van der Waals surface area (Å²) >= 11 is 0. The van der Waals surface area contributed by atoms with E-state index >= 15 is 0 Å². The van der Waals surface area contributed by atoms with Crippen molar-refractivity contribution >= 4 is 16.8 Å². The van der Waals surface area contributed by atoms with Crippen LogP contribution in [-0.4, -0.2) is 25.7 Å². The molecule has 0 radical (unpaired) electrons. The smallest absolute Gasteiger partial charge is 0.254 e. The van der Waals surface area contributed by atoms with Crippen LogP contribution < -0.4 is 5.32 Å². The van der Waals surface area contributed by atoms with E-state index in [0.29, 0.717) is 0 Å². The predicted molar refractivity (Wildman–Crippen MR) is 91.9 cm³/mol. The number of amides is 1. The number of aryl methyl sites for hydroxylation is 3. The molecule has 0 fully saturated rings.